The predicted octanol–water partition coefficient (Wildman–Crippen LogP) is 1.35. The molecule has 1 radical (unpaired) electrons. The summed E-state index contributed by atoms with van der Waals surface area (Å²) in [5.74, 6) is 0. The lowest BCUT2D eigenvalue weighted by Crippen LogP contribution is -2.14. The minimum absolute atomic E-state index is 0.438. The first-order chi connectivity index (χ1) is 5.86. The van der Waals surface area contributed by atoms with Gasteiger partial charge in [0.1, 0.15) is 6.10 Å². The van der Waals surface area contributed by atoms with Crippen molar-refractivity contribution in [2.24, 2.45) is 0 Å². The Bertz CT molecular complexity index is 231. The number of benzene rings is 1. The Labute approximate surface area is 72.2 Å². The van der Waals surface area contributed by atoms with Crippen LogP contribution in [0.25, 0.3) is 0 Å². The Morgan fingerprint density at radius 2 is 2.08 bits per heavy atom. The number of rotatable bonds is 4. The lowest BCUT2D eigenvalue weighted by Gasteiger charge is -2.06. The normalized spacial score (nSPS) is 12.4. The standard InChI is InChI=1S/C10H11O2/c1-12-10(8-11)7-9-5-3-2-4-6-9/h2-6,10H,7H2,1H3. The van der Waals surface area contributed by atoms with Gasteiger partial charge in [0.15, 0.2) is 0 Å². The highest BCUT2D eigenvalue weighted by atomic mass is 16.5. The van der Waals surface area contributed by atoms with E-state index in [0.717, 1.165) is 5.56 Å². The van der Waals surface area contributed by atoms with Crippen molar-refractivity contribution >= 4 is 6.29 Å². The molecule has 0 aliphatic heterocycles. The van der Waals surface area contributed by atoms with E-state index in [9.17, 15) is 4.79 Å². The second-order valence-electron chi connectivity index (χ2n) is 2.53. The van der Waals surface area contributed by atoms with Crippen molar-refractivity contribution in [3.05, 3.63) is 35.9 Å². The van der Waals surface area contributed by atoms with Crippen molar-refractivity contribution < 1.29 is 9.53 Å². The van der Waals surface area contributed by atoms with E-state index in [1.54, 1.807) is 0 Å². The molecule has 0 bridgehead atoms. The van der Waals surface area contributed by atoms with E-state index in [1.165, 1.54) is 7.11 Å². The van der Waals surface area contributed by atoms with Gasteiger partial charge < -0.3 is 4.74 Å². The number of methoxy groups -OCH3 is 1. The Hall–Kier alpha value is -1.15. The van der Waals surface area contributed by atoms with E-state index in [1.807, 2.05) is 36.6 Å². The van der Waals surface area contributed by atoms with Crippen molar-refractivity contribution in [3.63, 3.8) is 0 Å². The third-order valence-corrected chi connectivity index (χ3v) is 1.68. The van der Waals surface area contributed by atoms with E-state index < -0.39 is 6.10 Å². The average Bonchev–Trinajstić information content (AvgIpc) is 2.16. The van der Waals surface area contributed by atoms with Crippen LogP contribution in [-0.2, 0) is 16.0 Å². The average molecular weight is 163 g/mol. The molecule has 2 nitrogen and oxygen atoms in total. The van der Waals surface area contributed by atoms with Crippen LogP contribution >= 0.6 is 0 Å². The molecule has 0 aliphatic carbocycles. The molecule has 1 rings (SSSR count). The van der Waals surface area contributed by atoms with E-state index in [2.05, 4.69) is 0 Å². The maximum atomic E-state index is 10.3. The van der Waals surface area contributed by atoms with Crippen LogP contribution in [0.4, 0.5) is 0 Å². The van der Waals surface area contributed by atoms with Crippen molar-refractivity contribution in [2.75, 3.05) is 7.11 Å². The Balaban J connectivity index is 2.56. The van der Waals surface area contributed by atoms with Gasteiger partial charge in [-0.3, -0.25) is 4.79 Å². The van der Waals surface area contributed by atoms with Crippen LogP contribution in [0.3, 0.4) is 0 Å². The molecule has 0 heterocycles. The quantitative estimate of drug-likeness (QED) is 0.669. The molecular formula is C10H11O2. The molecule has 12 heavy (non-hydrogen) atoms. The monoisotopic (exact) mass is 163 g/mol. The molecule has 1 aromatic carbocycles. The summed E-state index contributed by atoms with van der Waals surface area (Å²) in [5, 5.41) is 0. The summed E-state index contributed by atoms with van der Waals surface area (Å²) in [7, 11) is 1.51. The zero-order valence-corrected chi connectivity index (χ0v) is 6.99. The van der Waals surface area contributed by atoms with Crippen molar-refractivity contribution in [3.8, 4) is 0 Å². The van der Waals surface area contributed by atoms with Crippen LogP contribution in [0, 0.1) is 0 Å². The fraction of sp³-hybridized carbons (Fsp3) is 0.300. The second-order valence-corrected chi connectivity index (χ2v) is 2.53. The summed E-state index contributed by atoms with van der Waals surface area (Å²) < 4.78 is 4.88. The minimum atomic E-state index is -0.438. The maximum Gasteiger partial charge on any atom is 0.230 e. The van der Waals surface area contributed by atoms with Crippen molar-refractivity contribution in [1.82, 2.24) is 0 Å². The van der Waals surface area contributed by atoms with Gasteiger partial charge in [-0.15, -0.1) is 0 Å². The molecule has 1 aromatic rings. The number of ether oxygens (including phenoxy) is 1. The number of hydrogen-bond donors (Lipinski definition) is 0. The molecule has 1 atom stereocenters. The highest BCUT2D eigenvalue weighted by Crippen LogP contribution is 2.03. The molecular weight excluding hydrogens is 152 g/mol. The molecule has 2 heteroatoms. The Kier molecular flexibility index (Phi) is 3.48. The first-order valence-corrected chi connectivity index (χ1v) is 3.81. The first-order valence-electron chi connectivity index (χ1n) is 3.81. The zero-order valence-electron chi connectivity index (χ0n) is 6.99. The van der Waals surface area contributed by atoms with E-state index in [4.69, 9.17) is 4.74 Å². The molecule has 1 unspecified atom stereocenters. The van der Waals surface area contributed by atoms with Gasteiger partial charge in [-0.1, -0.05) is 30.3 Å². The smallest absolute Gasteiger partial charge is 0.230 e. The molecule has 0 N–H and O–H groups in total. The molecule has 0 spiro atoms. The van der Waals surface area contributed by atoms with E-state index in [-0.39, 0.29) is 0 Å². The van der Waals surface area contributed by atoms with Crippen LogP contribution < -0.4 is 0 Å². The van der Waals surface area contributed by atoms with Gasteiger partial charge in [-0.2, -0.15) is 0 Å². The summed E-state index contributed by atoms with van der Waals surface area (Å²) in [6.45, 7) is 0. The Morgan fingerprint density at radius 3 is 2.58 bits per heavy atom. The van der Waals surface area contributed by atoms with E-state index >= 15 is 0 Å². The van der Waals surface area contributed by atoms with Crippen molar-refractivity contribution in [1.29, 1.82) is 0 Å². The third kappa shape index (κ3) is 2.47. The second kappa shape index (κ2) is 4.67. The molecule has 0 saturated carbocycles. The fourth-order valence-corrected chi connectivity index (χ4v) is 1.00. The predicted molar refractivity (Wildman–Crippen MR) is 46.6 cm³/mol. The van der Waals surface area contributed by atoms with Crippen LogP contribution in [-0.4, -0.2) is 19.5 Å². The van der Waals surface area contributed by atoms with Crippen molar-refractivity contribution in [2.45, 2.75) is 12.5 Å². The van der Waals surface area contributed by atoms with Gasteiger partial charge in [0, 0.05) is 13.5 Å². The minimum Gasteiger partial charge on any atom is -0.373 e. The van der Waals surface area contributed by atoms with Crippen LogP contribution in [0.1, 0.15) is 5.56 Å². The van der Waals surface area contributed by atoms with Crippen LogP contribution in [0.15, 0.2) is 30.3 Å². The molecule has 0 aromatic heterocycles. The lowest BCUT2D eigenvalue weighted by atomic mass is 10.1. The molecule has 0 aliphatic rings. The topological polar surface area (TPSA) is 26.3 Å². The largest absolute Gasteiger partial charge is 0.373 e. The van der Waals surface area contributed by atoms with Crippen LogP contribution in [0.2, 0.25) is 0 Å². The zero-order chi connectivity index (χ0) is 8.81. The fourth-order valence-electron chi connectivity index (χ4n) is 1.00. The highest BCUT2D eigenvalue weighted by molar-refractivity contribution is 5.57. The summed E-state index contributed by atoms with van der Waals surface area (Å²) in [4.78, 5) is 10.3. The van der Waals surface area contributed by atoms with Gasteiger partial charge >= 0.3 is 0 Å². The third-order valence-electron chi connectivity index (χ3n) is 1.68. The summed E-state index contributed by atoms with van der Waals surface area (Å²) in [6.07, 6.45) is 1.99. The lowest BCUT2D eigenvalue weighted by molar-refractivity contribution is 0.152. The summed E-state index contributed by atoms with van der Waals surface area (Å²) in [6, 6.07) is 9.74. The Morgan fingerprint density at radius 1 is 1.42 bits per heavy atom. The van der Waals surface area contributed by atoms with E-state index in [0.29, 0.717) is 6.42 Å². The van der Waals surface area contributed by atoms with Gasteiger partial charge in [-0.25, -0.2) is 0 Å². The SMILES string of the molecule is COC([C]=O)Cc1ccccc1. The van der Waals surface area contributed by atoms with Crippen LogP contribution in [0.5, 0.6) is 0 Å². The van der Waals surface area contributed by atoms with Gasteiger partial charge in [0.05, 0.1) is 0 Å². The molecule has 0 amide bonds. The highest BCUT2D eigenvalue weighted by Gasteiger charge is 2.06. The molecule has 0 saturated heterocycles. The van der Waals surface area contributed by atoms with Gasteiger partial charge in [-0.05, 0) is 5.56 Å². The van der Waals surface area contributed by atoms with Gasteiger partial charge in [0.2, 0.25) is 6.29 Å². The summed E-state index contributed by atoms with van der Waals surface area (Å²) >= 11 is 0. The van der Waals surface area contributed by atoms with Gasteiger partial charge in [0.25, 0.3) is 0 Å². The molecule has 63 valence electrons. The molecule has 0 fully saturated rings. The number of carbonyl (C=O) groups excluding carboxylic acids is 1. The maximum absolute atomic E-state index is 10.3. The number of hydrogen-bond acceptors (Lipinski definition) is 2. The summed E-state index contributed by atoms with van der Waals surface area (Å²) in [5.41, 5.74) is 1.09. The first kappa shape index (κ1) is 8.94.